The molecule has 7 aromatic carbocycles. The number of anilines is 4. The Morgan fingerprint density at radius 1 is 0.614 bits per heavy atom. The number of amides is 2. The highest BCUT2D eigenvalue weighted by Gasteiger charge is 2.48. The third-order valence-corrected chi connectivity index (χ3v) is 17.2. The molecule has 18 heteroatoms. The number of allylic oxidation sites excluding steroid dienone is 2. The van der Waals surface area contributed by atoms with E-state index in [-0.39, 0.29) is 123 Å². The molecule has 0 saturated heterocycles. The summed E-state index contributed by atoms with van der Waals surface area (Å²) in [5, 5.41) is 35.2. The lowest BCUT2D eigenvalue weighted by molar-refractivity contribution is -0.119. The lowest BCUT2D eigenvalue weighted by atomic mass is 9.69. The predicted molar refractivity (Wildman–Crippen MR) is 329 cm³/mol. The first-order chi connectivity index (χ1) is 42.5. The van der Waals surface area contributed by atoms with E-state index in [1.807, 2.05) is 106 Å². The molecule has 13 rings (SSSR count). The molecule has 2 aliphatic heterocycles. The Balaban J connectivity index is 0.778. The molecular formula is C70H58F2N6O9S. The summed E-state index contributed by atoms with van der Waals surface area (Å²) in [4.78, 5) is 66.3. The van der Waals surface area contributed by atoms with Gasteiger partial charge in [0.25, 0.3) is 11.8 Å². The number of carbonyl (C=O) groups excluding carboxylic acids is 4. The van der Waals surface area contributed by atoms with Crippen molar-refractivity contribution in [1.29, 1.82) is 0 Å². The van der Waals surface area contributed by atoms with Gasteiger partial charge in [-0.25, -0.2) is 13.8 Å². The number of para-hydroxylation sites is 2. The van der Waals surface area contributed by atoms with Gasteiger partial charge in [0, 0.05) is 75.7 Å². The van der Waals surface area contributed by atoms with E-state index in [2.05, 4.69) is 20.8 Å². The fourth-order valence-corrected chi connectivity index (χ4v) is 13.1. The van der Waals surface area contributed by atoms with Crippen molar-refractivity contribution in [3.63, 3.8) is 0 Å². The van der Waals surface area contributed by atoms with Gasteiger partial charge in [-0.3, -0.25) is 29.0 Å². The minimum atomic E-state index is -1.35. The van der Waals surface area contributed by atoms with E-state index in [0.717, 1.165) is 16.7 Å². The van der Waals surface area contributed by atoms with Crippen molar-refractivity contribution in [2.45, 2.75) is 78.2 Å². The monoisotopic (exact) mass is 1200 g/mol. The van der Waals surface area contributed by atoms with Crippen molar-refractivity contribution < 1.29 is 52.2 Å². The first kappa shape index (κ1) is 56.9. The highest BCUT2D eigenvalue weighted by Crippen LogP contribution is 2.54. The lowest BCUT2D eigenvalue weighted by Crippen LogP contribution is -2.40. The van der Waals surface area contributed by atoms with Crippen LogP contribution in [0.2, 0.25) is 0 Å². The second kappa shape index (κ2) is 22.9. The van der Waals surface area contributed by atoms with Crippen molar-refractivity contribution >= 4 is 57.5 Å². The average Bonchev–Trinajstić information content (AvgIpc) is 1.57. The molecule has 0 fully saturated rings. The van der Waals surface area contributed by atoms with Crippen molar-refractivity contribution in [2.75, 3.05) is 20.4 Å². The van der Waals surface area contributed by atoms with Crippen LogP contribution in [0, 0.1) is 22.5 Å². The van der Waals surface area contributed by atoms with Crippen LogP contribution < -0.4 is 29.9 Å². The van der Waals surface area contributed by atoms with E-state index >= 15 is 18.4 Å². The highest BCUT2D eigenvalue weighted by atomic mass is 32.1. The number of nitrogens with one attached hydrogen (secondary N) is 2. The van der Waals surface area contributed by atoms with Crippen LogP contribution in [0.1, 0.15) is 107 Å². The summed E-state index contributed by atoms with van der Waals surface area (Å²) in [6, 6.07) is 43.2. The summed E-state index contributed by atoms with van der Waals surface area (Å²) in [7, 11) is 0. The number of hydrogen-bond donors (Lipinski definition) is 4. The first-order valence-electron chi connectivity index (χ1n) is 28.7. The Bertz CT molecular complexity index is 4300. The van der Waals surface area contributed by atoms with Crippen molar-refractivity contribution in [3.05, 3.63) is 248 Å². The third kappa shape index (κ3) is 11.0. The number of aromatic nitrogens is 2. The van der Waals surface area contributed by atoms with Crippen molar-refractivity contribution in [3.8, 4) is 34.3 Å². The average molecular weight is 1200 g/mol. The van der Waals surface area contributed by atoms with Gasteiger partial charge in [0.05, 0.1) is 29.0 Å². The van der Waals surface area contributed by atoms with E-state index in [0.29, 0.717) is 35.6 Å². The van der Waals surface area contributed by atoms with Gasteiger partial charge in [-0.2, -0.15) is 0 Å². The van der Waals surface area contributed by atoms with Crippen LogP contribution in [0.3, 0.4) is 0 Å². The van der Waals surface area contributed by atoms with Crippen LogP contribution in [-0.4, -0.2) is 43.7 Å². The quantitative estimate of drug-likeness (QED) is 0.0797. The van der Waals surface area contributed by atoms with Crippen molar-refractivity contribution in [1.82, 2.24) is 10.1 Å². The normalized spacial score (nSPS) is 18.6. The number of nitrogens with zero attached hydrogens (tertiary/aromatic N) is 4. The van der Waals surface area contributed by atoms with Crippen LogP contribution in [0.4, 0.5) is 31.5 Å². The molecule has 2 aromatic heterocycles. The van der Waals surface area contributed by atoms with E-state index in [1.165, 1.54) is 69.1 Å². The Kier molecular flexibility index (Phi) is 14.8. The van der Waals surface area contributed by atoms with E-state index in [4.69, 9.17) is 14.0 Å². The maximum absolute atomic E-state index is 17.1. The topological polar surface area (TPSA) is 197 Å². The van der Waals surface area contributed by atoms with Gasteiger partial charge in [-0.1, -0.05) is 123 Å². The van der Waals surface area contributed by atoms with Crippen LogP contribution >= 0.6 is 11.3 Å². The summed E-state index contributed by atoms with van der Waals surface area (Å²) in [5.74, 6) is -2.94. The van der Waals surface area contributed by atoms with Crippen LogP contribution in [0.25, 0.3) is 11.3 Å². The molecule has 4 aliphatic rings. The van der Waals surface area contributed by atoms with Gasteiger partial charge in [0.2, 0.25) is 0 Å². The zero-order valence-corrected chi connectivity index (χ0v) is 48.9. The molecular weight excluding hydrogens is 1140 g/mol. The summed E-state index contributed by atoms with van der Waals surface area (Å²) in [5.41, 5.74) is 5.61. The predicted octanol–water partition coefficient (Wildman–Crippen LogP) is 14.8. The second-order valence-corrected chi connectivity index (χ2v) is 24.5. The summed E-state index contributed by atoms with van der Waals surface area (Å²) in [6.45, 7) is 6.13. The number of ketones is 2. The van der Waals surface area contributed by atoms with Gasteiger partial charge < -0.3 is 34.8 Å². The Labute approximate surface area is 509 Å². The number of thiazole rings is 1. The van der Waals surface area contributed by atoms with Crippen LogP contribution in [0.15, 0.2) is 202 Å². The first-order valence-corrected chi connectivity index (χ1v) is 29.7. The van der Waals surface area contributed by atoms with Crippen LogP contribution in [-0.2, 0) is 29.2 Å². The molecule has 442 valence electrons. The Morgan fingerprint density at radius 3 is 1.69 bits per heavy atom. The largest absolute Gasteiger partial charge is 0.506 e. The number of hydrogen-bond acceptors (Lipinski definition) is 14. The molecule has 0 radical (unpaired) electrons. The van der Waals surface area contributed by atoms with E-state index in [9.17, 15) is 19.8 Å². The van der Waals surface area contributed by atoms with Crippen LogP contribution in [0.5, 0.6) is 23.0 Å². The number of rotatable bonds is 13. The van der Waals surface area contributed by atoms with Gasteiger partial charge in [0.15, 0.2) is 23.0 Å². The molecule has 9 aromatic rings. The van der Waals surface area contributed by atoms with E-state index < -0.39 is 46.4 Å². The minimum absolute atomic E-state index is 0.0106. The number of carbonyl (C=O) groups is 4. The Morgan fingerprint density at radius 2 is 1.14 bits per heavy atom. The molecule has 0 bridgehead atoms. The van der Waals surface area contributed by atoms with Crippen molar-refractivity contribution in [2.24, 2.45) is 10.8 Å². The molecule has 88 heavy (non-hydrogen) atoms. The van der Waals surface area contributed by atoms with Gasteiger partial charge >= 0.3 is 0 Å². The number of ether oxygens (including phenoxy) is 2. The molecule has 3 unspecified atom stereocenters. The number of fused-ring (bicyclic) bond motifs is 2. The summed E-state index contributed by atoms with van der Waals surface area (Å²) >= 11 is 1.22. The highest BCUT2D eigenvalue weighted by molar-refractivity contribution is 7.07. The summed E-state index contributed by atoms with van der Waals surface area (Å²) in [6.07, 6.45) is 1.22. The van der Waals surface area contributed by atoms with Gasteiger partial charge in [-0.15, -0.1) is 11.3 Å². The Hall–Kier alpha value is -10.2. The maximum Gasteiger partial charge on any atom is 0.281 e. The molecule has 2 aliphatic carbocycles. The number of phenols is 2. The molecule has 4 heterocycles. The molecule has 0 spiro atoms. The number of Topliss-reactive ketones (excluding diaryl/α,β-unsaturated/α-hetero) is 2. The lowest BCUT2D eigenvalue weighted by Gasteiger charge is -2.38. The third-order valence-electron chi connectivity index (χ3n) is 16.6. The smallest absolute Gasteiger partial charge is 0.281 e. The fourth-order valence-electron chi connectivity index (χ4n) is 12.6. The number of phenolic OH excluding ortho intramolecular Hbond substituents is 2. The maximum atomic E-state index is 17.1. The van der Waals surface area contributed by atoms with Gasteiger partial charge in [0.1, 0.15) is 64.9 Å². The number of aromatic hydroxyl groups is 2. The zero-order valence-electron chi connectivity index (χ0n) is 48.1. The standard InChI is InChI=1S/C70H58F2N6O9S/c1-69(2)32-51-61(58(81)34-69)65(78(68(84)53-38-88-39-73-53)55-17-11-18-56(79)63(55)74-51)46-26-25-45(29-48(46)71)86-37-42-22-20-40(21-23-42)31-70(3)33-52-62(59(82)35-70)66(47-27-24-44(28-49(47)72)85-36-41-12-6-4-7-13-41)77(54-16-10-19-57(80)64(54)75-52)67(83)50-30-60(87-76-50)43-14-8-5-9-15-43/h4-30,38-39,65-66,74-75,79-80H,31-37H2,1-3H3. The zero-order chi connectivity index (χ0) is 61.0. The van der Waals surface area contributed by atoms with E-state index in [1.54, 1.807) is 41.8 Å². The molecule has 4 N–H and O–H groups in total. The molecule has 3 atom stereocenters. The second-order valence-electron chi connectivity index (χ2n) is 23.8. The molecule has 2 amide bonds. The summed E-state index contributed by atoms with van der Waals surface area (Å²) < 4.78 is 52.0. The SMILES string of the molecule is CC1(C)CC(=O)C2=C(C1)Nc1c(O)cccc1N(C(=O)c1cscn1)C2c1ccc(OCc2ccc(CC3(C)CC(=O)C4=C(C3)Nc3c(O)cccc3N(C(=O)c3cc(-c5ccccc5)on3)C4c3ccc(OCc4ccccc4)cc3F)cc2)cc1F. The number of halogens is 2. The molecule has 0 saturated carbocycles. The minimum Gasteiger partial charge on any atom is -0.506 e. The number of benzene rings is 7. The van der Waals surface area contributed by atoms with Gasteiger partial charge in [-0.05, 0) is 95.3 Å². The fraction of sp³-hybridized carbons (Fsp3) is 0.200. The molecule has 15 nitrogen and oxygen atoms in total.